The van der Waals surface area contributed by atoms with Gasteiger partial charge in [-0.2, -0.15) is 0 Å². The van der Waals surface area contributed by atoms with Gasteiger partial charge < -0.3 is 19.3 Å². The second-order valence-corrected chi connectivity index (χ2v) is 4.17. The Morgan fingerprint density at radius 3 is 2.82 bits per heavy atom. The van der Waals surface area contributed by atoms with E-state index in [4.69, 9.17) is 14.2 Å². The number of hydrogen-bond acceptors (Lipinski definition) is 4. The van der Waals surface area contributed by atoms with Gasteiger partial charge in [-0.05, 0) is 6.08 Å². The summed E-state index contributed by atoms with van der Waals surface area (Å²) >= 11 is 0. The standard InChI is InChI=1S/C13H14O4/c14-10-6-7-15-11-8-16-13(17-12(10)11)9-4-2-1-3-5-9/h1-7,10-14H,8H2/t10-,11-,12-,13-/m1/s1. The molecule has 4 nitrogen and oxygen atoms in total. The van der Waals surface area contributed by atoms with Gasteiger partial charge in [-0.15, -0.1) is 0 Å². The van der Waals surface area contributed by atoms with Gasteiger partial charge in [0.1, 0.15) is 12.2 Å². The molecule has 3 rings (SSSR count). The van der Waals surface area contributed by atoms with Crippen LogP contribution in [-0.4, -0.2) is 30.0 Å². The van der Waals surface area contributed by atoms with Crippen LogP contribution in [0, 0.1) is 0 Å². The summed E-state index contributed by atoms with van der Waals surface area (Å²) in [5.41, 5.74) is 0.952. The van der Waals surface area contributed by atoms with Crippen molar-refractivity contribution in [3.63, 3.8) is 0 Å². The summed E-state index contributed by atoms with van der Waals surface area (Å²) in [6, 6.07) is 9.69. The van der Waals surface area contributed by atoms with Crippen LogP contribution in [0.3, 0.4) is 0 Å². The van der Waals surface area contributed by atoms with Crippen molar-refractivity contribution in [2.75, 3.05) is 6.61 Å². The summed E-state index contributed by atoms with van der Waals surface area (Å²) in [7, 11) is 0. The van der Waals surface area contributed by atoms with Gasteiger partial charge in [0.05, 0.1) is 12.9 Å². The van der Waals surface area contributed by atoms with Gasteiger partial charge >= 0.3 is 0 Å². The summed E-state index contributed by atoms with van der Waals surface area (Å²) in [5, 5.41) is 9.82. The van der Waals surface area contributed by atoms with Crippen LogP contribution in [0.15, 0.2) is 42.7 Å². The highest BCUT2D eigenvalue weighted by atomic mass is 16.7. The quantitative estimate of drug-likeness (QED) is 0.797. The Kier molecular flexibility index (Phi) is 2.84. The van der Waals surface area contributed by atoms with Crippen molar-refractivity contribution >= 4 is 0 Å². The van der Waals surface area contributed by atoms with Crippen molar-refractivity contribution in [2.45, 2.75) is 24.6 Å². The first-order valence-electron chi connectivity index (χ1n) is 5.67. The monoisotopic (exact) mass is 234 g/mol. The summed E-state index contributed by atoms with van der Waals surface area (Å²) in [6.07, 6.45) is 1.44. The molecule has 2 aliphatic heterocycles. The van der Waals surface area contributed by atoms with Gasteiger partial charge in [0.2, 0.25) is 0 Å². The van der Waals surface area contributed by atoms with Crippen molar-refractivity contribution in [1.29, 1.82) is 0 Å². The van der Waals surface area contributed by atoms with Crippen molar-refractivity contribution in [3.05, 3.63) is 48.2 Å². The van der Waals surface area contributed by atoms with Gasteiger partial charge in [0.15, 0.2) is 12.4 Å². The smallest absolute Gasteiger partial charge is 0.184 e. The van der Waals surface area contributed by atoms with E-state index in [1.54, 1.807) is 6.08 Å². The molecule has 0 aromatic heterocycles. The zero-order valence-electron chi connectivity index (χ0n) is 9.23. The molecule has 0 amide bonds. The Labute approximate surface area is 99.4 Å². The maximum absolute atomic E-state index is 9.82. The lowest BCUT2D eigenvalue weighted by atomic mass is 10.0. The first-order chi connectivity index (χ1) is 8.34. The molecule has 1 N–H and O–H groups in total. The van der Waals surface area contributed by atoms with Crippen molar-refractivity contribution < 1.29 is 19.3 Å². The molecule has 2 aliphatic rings. The largest absolute Gasteiger partial charge is 0.493 e. The fourth-order valence-corrected chi connectivity index (χ4v) is 2.09. The third kappa shape index (κ3) is 2.07. The topological polar surface area (TPSA) is 47.9 Å². The number of aliphatic hydroxyl groups is 1. The minimum absolute atomic E-state index is 0.227. The van der Waals surface area contributed by atoms with Gasteiger partial charge in [-0.3, -0.25) is 0 Å². The van der Waals surface area contributed by atoms with E-state index in [1.165, 1.54) is 6.26 Å². The fourth-order valence-electron chi connectivity index (χ4n) is 2.09. The molecule has 90 valence electrons. The molecule has 4 heteroatoms. The number of fused-ring (bicyclic) bond motifs is 1. The molecule has 2 heterocycles. The van der Waals surface area contributed by atoms with Crippen LogP contribution in [-0.2, 0) is 14.2 Å². The van der Waals surface area contributed by atoms with E-state index in [0.717, 1.165) is 5.56 Å². The first-order valence-corrected chi connectivity index (χ1v) is 5.67. The number of rotatable bonds is 1. The minimum atomic E-state index is -0.635. The van der Waals surface area contributed by atoms with Crippen LogP contribution in [0.25, 0.3) is 0 Å². The lowest BCUT2D eigenvalue weighted by molar-refractivity contribution is -0.276. The van der Waals surface area contributed by atoms with E-state index in [9.17, 15) is 5.11 Å². The molecule has 0 radical (unpaired) electrons. The molecule has 1 aromatic carbocycles. The van der Waals surface area contributed by atoms with Crippen LogP contribution in [0.1, 0.15) is 11.9 Å². The molecule has 4 atom stereocenters. The molecular weight excluding hydrogens is 220 g/mol. The average Bonchev–Trinajstić information content (AvgIpc) is 2.40. The molecule has 0 bridgehead atoms. The first kappa shape index (κ1) is 10.8. The summed E-state index contributed by atoms with van der Waals surface area (Å²) in [6.45, 7) is 0.422. The molecule has 17 heavy (non-hydrogen) atoms. The van der Waals surface area contributed by atoms with Crippen molar-refractivity contribution in [1.82, 2.24) is 0 Å². The SMILES string of the molecule is O[C@@H]1C=CO[C@@H]2CO[C@@H](c3ccccc3)O[C@H]12. The minimum Gasteiger partial charge on any atom is -0.493 e. The number of benzene rings is 1. The van der Waals surface area contributed by atoms with Gasteiger partial charge in [-0.25, -0.2) is 0 Å². The molecular formula is C13H14O4. The Hall–Kier alpha value is -1.36. The van der Waals surface area contributed by atoms with E-state index in [-0.39, 0.29) is 12.2 Å². The molecule has 1 saturated heterocycles. The normalized spacial score (nSPS) is 36.1. The van der Waals surface area contributed by atoms with E-state index in [1.807, 2.05) is 30.3 Å². The Morgan fingerprint density at radius 1 is 1.18 bits per heavy atom. The molecule has 0 aliphatic carbocycles. The van der Waals surface area contributed by atoms with Crippen LogP contribution in [0.5, 0.6) is 0 Å². The Bertz CT molecular complexity index is 403. The maximum atomic E-state index is 9.82. The number of ether oxygens (including phenoxy) is 3. The molecule has 1 aromatic rings. The van der Waals surface area contributed by atoms with E-state index in [0.29, 0.717) is 6.61 Å². The van der Waals surface area contributed by atoms with E-state index in [2.05, 4.69) is 0 Å². The van der Waals surface area contributed by atoms with E-state index < -0.39 is 12.4 Å². The zero-order valence-corrected chi connectivity index (χ0v) is 9.23. The average molecular weight is 234 g/mol. The highest BCUT2D eigenvalue weighted by Gasteiger charge is 2.39. The highest BCUT2D eigenvalue weighted by molar-refractivity contribution is 5.16. The van der Waals surface area contributed by atoms with Crippen LogP contribution in [0.4, 0.5) is 0 Å². The molecule has 1 fully saturated rings. The van der Waals surface area contributed by atoms with E-state index >= 15 is 0 Å². The van der Waals surface area contributed by atoms with Crippen molar-refractivity contribution in [3.8, 4) is 0 Å². The van der Waals surface area contributed by atoms with Crippen LogP contribution >= 0.6 is 0 Å². The number of aliphatic hydroxyl groups excluding tert-OH is 1. The summed E-state index contributed by atoms with van der Waals surface area (Å²) in [4.78, 5) is 0. The predicted octanol–water partition coefficient (Wildman–Crippen LogP) is 1.37. The third-order valence-corrected chi connectivity index (χ3v) is 3.00. The number of hydrogen-bond donors (Lipinski definition) is 1. The Balaban J connectivity index is 1.77. The predicted molar refractivity (Wildman–Crippen MR) is 60.0 cm³/mol. The summed E-state index contributed by atoms with van der Waals surface area (Å²) in [5.74, 6) is 0. The fraction of sp³-hybridized carbons (Fsp3) is 0.385. The zero-order chi connectivity index (χ0) is 11.7. The van der Waals surface area contributed by atoms with Gasteiger partial charge in [0, 0.05) is 5.56 Å². The Morgan fingerprint density at radius 2 is 2.00 bits per heavy atom. The maximum Gasteiger partial charge on any atom is 0.184 e. The lowest BCUT2D eigenvalue weighted by Crippen LogP contribution is -2.49. The van der Waals surface area contributed by atoms with Gasteiger partial charge in [0.25, 0.3) is 0 Å². The van der Waals surface area contributed by atoms with Crippen LogP contribution in [0.2, 0.25) is 0 Å². The molecule has 0 unspecified atom stereocenters. The third-order valence-electron chi connectivity index (χ3n) is 3.00. The van der Waals surface area contributed by atoms with Gasteiger partial charge in [-0.1, -0.05) is 30.3 Å². The van der Waals surface area contributed by atoms with Crippen molar-refractivity contribution in [2.24, 2.45) is 0 Å². The summed E-state index contributed by atoms with van der Waals surface area (Å²) < 4.78 is 16.7. The highest BCUT2D eigenvalue weighted by Crippen LogP contribution is 2.30. The second kappa shape index (κ2) is 4.49. The molecule has 0 spiro atoms. The molecule has 0 saturated carbocycles. The lowest BCUT2D eigenvalue weighted by Gasteiger charge is -2.39. The second-order valence-electron chi connectivity index (χ2n) is 4.17. The van der Waals surface area contributed by atoms with Crippen LogP contribution < -0.4 is 0 Å².